The second-order valence-corrected chi connectivity index (χ2v) is 6.41. The zero-order valence-electron chi connectivity index (χ0n) is 15.9. The molecule has 0 spiro atoms. The van der Waals surface area contributed by atoms with Crippen LogP contribution in [0.25, 0.3) is 0 Å². The summed E-state index contributed by atoms with van der Waals surface area (Å²) in [6.45, 7) is 1.49. The molecule has 2 aromatic carbocycles. The van der Waals surface area contributed by atoms with Crippen molar-refractivity contribution in [2.45, 2.75) is 18.4 Å². The number of rotatable bonds is 6. The van der Waals surface area contributed by atoms with Crippen LogP contribution >= 0.6 is 0 Å². The molecule has 0 radical (unpaired) electrons. The highest BCUT2D eigenvalue weighted by Gasteiger charge is 2.35. The molecule has 2 aromatic rings. The number of methoxy groups -OCH3 is 1. The molecule has 1 aliphatic heterocycles. The number of hydrogen-bond donors (Lipinski definition) is 0. The van der Waals surface area contributed by atoms with Gasteiger partial charge < -0.3 is 18.9 Å². The molecule has 3 rings (SSSR count). The van der Waals surface area contributed by atoms with Crippen molar-refractivity contribution in [3.05, 3.63) is 59.7 Å². The van der Waals surface area contributed by atoms with E-state index in [0.29, 0.717) is 24.7 Å². The van der Waals surface area contributed by atoms with Crippen LogP contribution in [-0.2, 0) is 15.1 Å². The van der Waals surface area contributed by atoms with Crippen LogP contribution in [0.15, 0.2) is 48.5 Å². The van der Waals surface area contributed by atoms with Crippen LogP contribution in [0.4, 0.5) is 0 Å². The normalized spacial score (nSPS) is 15.0. The Morgan fingerprint density at radius 3 is 2.32 bits per heavy atom. The summed E-state index contributed by atoms with van der Waals surface area (Å²) in [5.41, 5.74) is 1.45. The number of hydrogen-bond acceptors (Lipinski definition) is 5. The Labute approximate surface area is 165 Å². The fourth-order valence-corrected chi connectivity index (χ4v) is 3.21. The van der Waals surface area contributed by atoms with Crippen LogP contribution in [0.5, 0.6) is 11.5 Å². The highest BCUT2D eigenvalue weighted by Crippen LogP contribution is 2.39. The SMILES string of the molecule is COC1(c2cc(OCC#N)cc(OCC#Cc3ccccc3)c2)CCOCC1. The standard InChI is InChI=1S/C23H23NO4/c1-25-23(9-13-26-14-10-23)20-16-21(18-22(17-20)28-15-11-24)27-12-5-8-19-6-3-2-4-7-19/h2-4,6-7,16-18H,9-10,12-15H2,1H3. The topological polar surface area (TPSA) is 60.7 Å². The molecule has 0 N–H and O–H groups in total. The lowest BCUT2D eigenvalue weighted by Gasteiger charge is -2.36. The van der Waals surface area contributed by atoms with Crippen molar-refractivity contribution in [2.24, 2.45) is 0 Å². The monoisotopic (exact) mass is 377 g/mol. The molecule has 144 valence electrons. The quantitative estimate of drug-likeness (QED) is 0.719. The fraction of sp³-hybridized carbons (Fsp3) is 0.348. The summed E-state index contributed by atoms with van der Waals surface area (Å²) in [7, 11) is 1.71. The summed E-state index contributed by atoms with van der Waals surface area (Å²) >= 11 is 0. The van der Waals surface area contributed by atoms with Crippen LogP contribution in [0.2, 0.25) is 0 Å². The van der Waals surface area contributed by atoms with Gasteiger partial charge in [-0.1, -0.05) is 30.0 Å². The van der Waals surface area contributed by atoms with E-state index in [1.165, 1.54) is 0 Å². The van der Waals surface area contributed by atoms with Gasteiger partial charge in [-0.25, -0.2) is 0 Å². The van der Waals surface area contributed by atoms with E-state index in [1.807, 2.05) is 48.5 Å². The van der Waals surface area contributed by atoms with Crippen LogP contribution in [0.3, 0.4) is 0 Å². The summed E-state index contributed by atoms with van der Waals surface area (Å²) in [6, 6.07) is 17.4. The van der Waals surface area contributed by atoms with Gasteiger partial charge in [-0.3, -0.25) is 0 Å². The van der Waals surface area contributed by atoms with Gasteiger partial charge in [-0.05, 0) is 29.8 Å². The maximum Gasteiger partial charge on any atom is 0.174 e. The Morgan fingerprint density at radius 2 is 1.68 bits per heavy atom. The van der Waals surface area contributed by atoms with E-state index < -0.39 is 5.60 Å². The van der Waals surface area contributed by atoms with Crippen molar-refractivity contribution in [1.29, 1.82) is 5.26 Å². The summed E-state index contributed by atoms with van der Waals surface area (Å²) in [5.74, 6) is 7.30. The molecule has 0 saturated carbocycles. The van der Waals surface area contributed by atoms with Crippen molar-refractivity contribution in [2.75, 3.05) is 33.5 Å². The molecule has 1 fully saturated rings. The Balaban J connectivity index is 1.79. The van der Waals surface area contributed by atoms with Gasteiger partial charge in [0.15, 0.2) is 6.61 Å². The third kappa shape index (κ3) is 5.04. The molecule has 0 aliphatic carbocycles. The van der Waals surface area contributed by atoms with Gasteiger partial charge in [0.1, 0.15) is 24.2 Å². The lowest BCUT2D eigenvalue weighted by Crippen LogP contribution is -2.35. The van der Waals surface area contributed by atoms with E-state index in [4.69, 9.17) is 24.2 Å². The third-order valence-corrected chi connectivity index (χ3v) is 4.72. The highest BCUT2D eigenvalue weighted by atomic mass is 16.5. The van der Waals surface area contributed by atoms with Crippen LogP contribution in [0.1, 0.15) is 24.0 Å². The summed E-state index contributed by atoms with van der Waals surface area (Å²) in [5, 5.41) is 8.83. The molecule has 0 bridgehead atoms. The molecular weight excluding hydrogens is 354 g/mol. The predicted molar refractivity (Wildman–Crippen MR) is 105 cm³/mol. The first-order valence-electron chi connectivity index (χ1n) is 9.21. The lowest BCUT2D eigenvalue weighted by atomic mass is 9.86. The Bertz CT molecular complexity index is 871. The Kier molecular flexibility index (Phi) is 6.92. The van der Waals surface area contributed by atoms with Crippen molar-refractivity contribution < 1.29 is 18.9 Å². The van der Waals surface area contributed by atoms with Crippen molar-refractivity contribution >= 4 is 0 Å². The first-order chi connectivity index (χ1) is 13.8. The average molecular weight is 377 g/mol. The van der Waals surface area contributed by atoms with E-state index in [-0.39, 0.29) is 13.2 Å². The number of ether oxygens (including phenoxy) is 4. The minimum atomic E-state index is -0.446. The minimum Gasteiger partial charge on any atom is -0.481 e. The van der Waals surface area contributed by atoms with E-state index in [9.17, 15) is 0 Å². The highest BCUT2D eigenvalue weighted by molar-refractivity contribution is 5.42. The van der Waals surface area contributed by atoms with Crippen LogP contribution in [0, 0.1) is 23.2 Å². The van der Waals surface area contributed by atoms with Gasteiger partial charge >= 0.3 is 0 Å². The van der Waals surface area contributed by atoms with Crippen molar-refractivity contribution in [3.63, 3.8) is 0 Å². The number of nitriles is 1. The molecule has 5 nitrogen and oxygen atoms in total. The first kappa shape index (κ1) is 19.8. The maximum absolute atomic E-state index is 8.83. The molecular formula is C23H23NO4. The fourth-order valence-electron chi connectivity index (χ4n) is 3.21. The molecule has 0 atom stereocenters. The first-order valence-corrected chi connectivity index (χ1v) is 9.21. The Hall–Kier alpha value is -2.99. The smallest absolute Gasteiger partial charge is 0.174 e. The number of benzene rings is 2. The third-order valence-electron chi connectivity index (χ3n) is 4.72. The molecule has 5 heteroatoms. The largest absolute Gasteiger partial charge is 0.481 e. The van der Waals surface area contributed by atoms with Gasteiger partial charge in [0, 0.05) is 44.8 Å². The van der Waals surface area contributed by atoms with E-state index in [0.717, 1.165) is 24.0 Å². The summed E-state index contributed by atoms with van der Waals surface area (Å²) < 4.78 is 22.7. The zero-order valence-corrected chi connectivity index (χ0v) is 15.9. The van der Waals surface area contributed by atoms with E-state index in [2.05, 4.69) is 11.8 Å². The van der Waals surface area contributed by atoms with Gasteiger partial charge in [0.05, 0.1) is 5.60 Å². The Morgan fingerprint density at radius 1 is 1.00 bits per heavy atom. The molecule has 1 heterocycles. The molecule has 1 saturated heterocycles. The van der Waals surface area contributed by atoms with Gasteiger partial charge in [0.25, 0.3) is 0 Å². The second-order valence-electron chi connectivity index (χ2n) is 6.41. The van der Waals surface area contributed by atoms with Crippen LogP contribution in [-0.4, -0.2) is 33.5 Å². The van der Waals surface area contributed by atoms with Gasteiger partial charge in [-0.2, -0.15) is 5.26 Å². The summed E-state index contributed by atoms with van der Waals surface area (Å²) in [4.78, 5) is 0. The molecule has 0 amide bonds. The zero-order chi connectivity index (χ0) is 19.7. The molecule has 0 unspecified atom stereocenters. The maximum atomic E-state index is 8.83. The molecule has 0 aromatic heterocycles. The van der Waals surface area contributed by atoms with Crippen molar-refractivity contribution in [1.82, 2.24) is 0 Å². The van der Waals surface area contributed by atoms with Gasteiger partial charge in [-0.15, -0.1) is 0 Å². The number of nitrogens with zero attached hydrogens (tertiary/aromatic N) is 1. The molecule has 1 aliphatic rings. The lowest BCUT2D eigenvalue weighted by molar-refractivity contribution is -0.0949. The van der Waals surface area contributed by atoms with Gasteiger partial charge in [0.2, 0.25) is 0 Å². The average Bonchev–Trinajstić information content (AvgIpc) is 2.76. The second kappa shape index (κ2) is 9.80. The van der Waals surface area contributed by atoms with E-state index >= 15 is 0 Å². The van der Waals surface area contributed by atoms with E-state index in [1.54, 1.807) is 13.2 Å². The molecule has 28 heavy (non-hydrogen) atoms. The summed E-state index contributed by atoms with van der Waals surface area (Å²) in [6.07, 6.45) is 1.50. The van der Waals surface area contributed by atoms with Crippen LogP contribution < -0.4 is 9.47 Å². The predicted octanol–water partition coefficient (Wildman–Crippen LogP) is 3.67. The van der Waals surface area contributed by atoms with Crippen molar-refractivity contribution in [3.8, 4) is 29.4 Å². The minimum absolute atomic E-state index is 0.0280.